The monoisotopic (exact) mass is 842 g/mol. The van der Waals surface area contributed by atoms with Crippen molar-refractivity contribution in [2.45, 2.75) is 131 Å². The van der Waals surface area contributed by atoms with Gasteiger partial charge in [-0.15, -0.1) is 0 Å². The lowest BCUT2D eigenvalue weighted by molar-refractivity contribution is -0.134. The summed E-state index contributed by atoms with van der Waals surface area (Å²) in [5, 5.41) is 15.9. The quantitative estimate of drug-likeness (QED) is 0.204. The number of nitrogens with zero attached hydrogens (tertiary/aromatic N) is 5. The number of piperazine rings is 1. The number of amides is 3. The number of nitrogens with one attached hydrogen (secondary N) is 3. The summed E-state index contributed by atoms with van der Waals surface area (Å²) >= 11 is 0. The summed E-state index contributed by atoms with van der Waals surface area (Å²) in [6.45, 7) is 7.28. The molecule has 60 heavy (non-hydrogen) atoms. The zero-order valence-electron chi connectivity index (χ0n) is 34.3. The number of sulfonamides is 1. The van der Waals surface area contributed by atoms with Crippen molar-refractivity contribution in [1.82, 2.24) is 24.9 Å². The molecule has 4 heterocycles. The summed E-state index contributed by atoms with van der Waals surface area (Å²) in [6, 6.07) is 10.0. The molecule has 320 valence electrons. The fourth-order valence-corrected chi connectivity index (χ4v) is 11.7. The minimum absolute atomic E-state index is 0.0633. The van der Waals surface area contributed by atoms with Gasteiger partial charge in [0.2, 0.25) is 33.7 Å². The third-order valence-electron chi connectivity index (χ3n) is 14.0. The molecule has 0 bridgehead atoms. The van der Waals surface area contributed by atoms with Crippen molar-refractivity contribution in [1.29, 1.82) is 0 Å². The van der Waals surface area contributed by atoms with E-state index in [9.17, 15) is 27.9 Å². The number of hydrogen-bond donors (Lipinski definition) is 4. The van der Waals surface area contributed by atoms with Crippen LogP contribution in [0.5, 0.6) is 0 Å². The fourth-order valence-electron chi connectivity index (χ4n) is 10.3. The van der Waals surface area contributed by atoms with Crippen LogP contribution in [-0.4, -0.2) is 96.5 Å². The van der Waals surface area contributed by atoms with Crippen LogP contribution >= 0.6 is 0 Å². The van der Waals surface area contributed by atoms with Crippen molar-refractivity contribution >= 4 is 50.9 Å². The standard InChI is InChI=1S/C44H55FN8O6S/c1-26-20-33(11-14-38(26)47-43-46-23-36-40(49-43)53(42(57)44(36)16-17-44)31-4-3-5-32(54)21-31)60(58,59)50-29-8-6-28(7-9-29)25-51-18-19-52(24-27(51)2)30-10-12-34(37(45)22-30)35-13-15-39(55)48-41(35)56/h10-12,14,20,22-23,27-29,31-32,35,50,54H,3-9,13,15-19,21,24-25H2,1-2H3,(H,46,47,49)(H,48,55,56)/t27-,28?,29?,31-,32-,35?/m1/s1. The summed E-state index contributed by atoms with van der Waals surface area (Å²) in [4.78, 5) is 53.6. The highest BCUT2D eigenvalue weighted by atomic mass is 32.2. The van der Waals surface area contributed by atoms with E-state index >= 15 is 4.39 Å². The number of aromatic nitrogens is 2. The van der Waals surface area contributed by atoms with E-state index in [1.165, 1.54) is 6.07 Å². The van der Waals surface area contributed by atoms with Gasteiger partial charge in [0.15, 0.2) is 0 Å². The van der Waals surface area contributed by atoms with Gasteiger partial charge in [-0.1, -0.05) is 6.07 Å². The normalized spacial score (nSPS) is 28.2. The first-order valence-corrected chi connectivity index (χ1v) is 23.2. The number of aliphatic hydroxyl groups is 1. The van der Waals surface area contributed by atoms with Gasteiger partial charge in [0.25, 0.3) is 0 Å². The van der Waals surface area contributed by atoms with Crippen LogP contribution in [0.2, 0.25) is 0 Å². The van der Waals surface area contributed by atoms with E-state index in [1.54, 1.807) is 30.5 Å². The van der Waals surface area contributed by atoms with Crippen molar-refractivity contribution in [2.75, 3.05) is 41.3 Å². The predicted molar refractivity (Wildman–Crippen MR) is 224 cm³/mol. The molecule has 6 aliphatic rings. The second-order valence-corrected chi connectivity index (χ2v) is 19.8. The van der Waals surface area contributed by atoms with E-state index in [0.29, 0.717) is 41.8 Å². The van der Waals surface area contributed by atoms with E-state index in [4.69, 9.17) is 4.98 Å². The molecular weight excluding hydrogens is 788 g/mol. The number of halogens is 1. The van der Waals surface area contributed by atoms with Crippen molar-refractivity contribution in [2.24, 2.45) is 5.92 Å². The molecule has 1 aromatic heterocycles. The van der Waals surface area contributed by atoms with Gasteiger partial charge in [-0.25, -0.2) is 22.5 Å². The smallest absolute Gasteiger partial charge is 0.240 e. The van der Waals surface area contributed by atoms with Gasteiger partial charge < -0.3 is 15.3 Å². The molecule has 1 spiro atoms. The second-order valence-electron chi connectivity index (χ2n) is 18.1. The van der Waals surface area contributed by atoms with Crippen molar-refractivity contribution < 1.29 is 32.3 Å². The number of aryl methyl sites for hydroxylation is 1. The number of carbonyl (C=O) groups excluding carboxylic acids is 3. The maximum atomic E-state index is 15.2. The molecule has 0 radical (unpaired) electrons. The molecule has 3 aliphatic heterocycles. The van der Waals surface area contributed by atoms with Crippen LogP contribution in [0.3, 0.4) is 0 Å². The molecule has 1 unspecified atom stereocenters. The van der Waals surface area contributed by atoms with Gasteiger partial charge in [0, 0.05) is 79.4 Å². The Morgan fingerprint density at radius 2 is 1.80 bits per heavy atom. The minimum atomic E-state index is -3.77. The van der Waals surface area contributed by atoms with E-state index in [-0.39, 0.29) is 41.3 Å². The number of carbonyl (C=O) groups is 3. The number of imide groups is 1. The fraction of sp³-hybridized carbons (Fsp3) is 0.568. The summed E-state index contributed by atoms with van der Waals surface area (Å²) in [5.74, 6) is -0.377. The van der Waals surface area contributed by atoms with Gasteiger partial charge in [-0.3, -0.25) is 29.5 Å². The zero-order valence-corrected chi connectivity index (χ0v) is 35.1. The first-order valence-electron chi connectivity index (χ1n) is 21.7. The van der Waals surface area contributed by atoms with Crippen LogP contribution in [0.25, 0.3) is 0 Å². The molecule has 4 atom stereocenters. The molecule has 3 saturated carbocycles. The molecule has 9 rings (SSSR count). The van der Waals surface area contributed by atoms with E-state index in [2.05, 4.69) is 37.1 Å². The number of hydrogen-bond acceptors (Lipinski definition) is 11. The molecule has 3 aliphatic carbocycles. The third kappa shape index (κ3) is 7.91. The predicted octanol–water partition coefficient (Wildman–Crippen LogP) is 4.92. The number of anilines is 4. The maximum absolute atomic E-state index is 15.2. The lowest BCUT2D eigenvalue weighted by Gasteiger charge is -2.43. The zero-order chi connectivity index (χ0) is 41.9. The third-order valence-corrected chi connectivity index (χ3v) is 15.5. The number of rotatable bonds is 10. The number of piperidine rings is 1. The van der Waals surface area contributed by atoms with Gasteiger partial charge in [0.1, 0.15) is 11.6 Å². The van der Waals surface area contributed by atoms with Gasteiger partial charge >= 0.3 is 0 Å². The summed E-state index contributed by atoms with van der Waals surface area (Å²) in [7, 11) is -3.77. The van der Waals surface area contributed by atoms with Crippen LogP contribution in [-0.2, 0) is 29.8 Å². The summed E-state index contributed by atoms with van der Waals surface area (Å²) in [6.07, 6.45) is 9.72. The average molecular weight is 843 g/mol. The van der Waals surface area contributed by atoms with Crippen LogP contribution in [0.1, 0.15) is 107 Å². The van der Waals surface area contributed by atoms with Gasteiger partial charge in [-0.2, -0.15) is 4.98 Å². The van der Waals surface area contributed by atoms with E-state index < -0.39 is 39.2 Å². The van der Waals surface area contributed by atoms with Crippen LogP contribution < -0.4 is 25.2 Å². The molecule has 2 saturated heterocycles. The lowest BCUT2D eigenvalue weighted by Crippen LogP contribution is -2.53. The number of benzene rings is 2. The highest BCUT2D eigenvalue weighted by molar-refractivity contribution is 7.89. The molecule has 3 aromatic rings. The number of aliphatic hydroxyl groups excluding tert-OH is 1. The highest BCUT2D eigenvalue weighted by Crippen LogP contribution is 2.57. The molecule has 4 N–H and O–H groups in total. The SMILES string of the molecule is Cc1cc(S(=O)(=O)NC2CCC(CN3CCN(c4ccc(C5CCC(=O)NC5=O)c(F)c4)C[C@H]3C)CC2)ccc1Nc1ncc2c(n1)N([C@@H]1CCC[C@@H](O)C1)C(=O)C21CC1. The van der Waals surface area contributed by atoms with Crippen molar-refractivity contribution in [3.05, 3.63) is 65.1 Å². The molecule has 2 aromatic carbocycles. The Morgan fingerprint density at radius 1 is 1.00 bits per heavy atom. The van der Waals surface area contributed by atoms with Crippen LogP contribution in [0.4, 0.5) is 27.5 Å². The first-order chi connectivity index (χ1) is 28.8. The Kier molecular flexibility index (Phi) is 10.9. The lowest BCUT2D eigenvalue weighted by atomic mass is 9.86. The minimum Gasteiger partial charge on any atom is -0.393 e. The largest absolute Gasteiger partial charge is 0.393 e. The average Bonchev–Trinajstić information content (AvgIpc) is 3.98. The molecular formula is C44H55FN8O6S. The topological polar surface area (TPSA) is 177 Å². The van der Waals surface area contributed by atoms with Crippen LogP contribution in [0, 0.1) is 18.7 Å². The maximum Gasteiger partial charge on any atom is 0.240 e. The Balaban J connectivity index is 0.766. The van der Waals surface area contributed by atoms with Gasteiger partial charge in [-0.05, 0) is 126 Å². The number of fused-ring (bicyclic) bond motifs is 2. The highest BCUT2D eigenvalue weighted by Gasteiger charge is 2.61. The van der Waals surface area contributed by atoms with E-state index in [1.807, 2.05) is 17.9 Å². The molecule has 5 fully saturated rings. The summed E-state index contributed by atoms with van der Waals surface area (Å²) in [5.41, 5.74) is 2.82. The van der Waals surface area contributed by atoms with Crippen LogP contribution in [0.15, 0.2) is 47.5 Å². The molecule has 16 heteroatoms. The molecule has 14 nitrogen and oxygen atoms in total. The Bertz CT molecular complexity index is 2300. The van der Waals surface area contributed by atoms with Crippen molar-refractivity contribution in [3.8, 4) is 0 Å². The summed E-state index contributed by atoms with van der Waals surface area (Å²) < 4.78 is 45.4. The Hall–Kier alpha value is -4.51. The van der Waals surface area contributed by atoms with E-state index in [0.717, 1.165) is 101 Å². The first kappa shape index (κ1) is 40.9. The van der Waals surface area contributed by atoms with Crippen molar-refractivity contribution in [3.63, 3.8) is 0 Å². The Morgan fingerprint density at radius 3 is 2.50 bits per heavy atom. The second kappa shape index (κ2) is 16.1. The molecule has 3 amide bonds. The van der Waals surface area contributed by atoms with Gasteiger partial charge in [0.05, 0.1) is 22.3 Å². The Labute approximate surface area is 350 Å².